The average molecular weight is 214 g/mol. The molecule has 0 bridgehead atoms. The fourth-order valence-corrected chi connectivity index (χ4v) is 2.83. The van der Waals surface area contributed by atoms with Crippen molar-refractivity contribution >= 4 is 0 Å². The lowest BCUT2D eigenvalue weighted by Gasteiger charge is -2.45. The third-order valence-electron chi connectivity index (χ3n) is 4.36. The molecule has 0 unspecified atom stereocenters. The molecule has 1 aliphatic heterocycles. The van der Waals surface area contributed by atoms with Gasteiger partial charge in [-0.05, 0) is 24.2 Å². The Morgan fingerprint density at radius 1 is 1.07 bits per heavy atom. The minimum Gasteiger partial charge on any atom is -0.396 e. The van der Waals surface area contributed by atoms with Crippen molar-refractivity contribution in [1.29, 1.82) is 0 Å². The monoisotopic (exact) mass is 214 g/mol. The molecule has 1 spiro atoms. The lowest BCUT2D eigenvalue weighted by atomic mass is 9.66. The molecular formula is C12H22O3. The van der Waals surface area contributed by atoms with Crippen LogP contribution in [0.25, 0.3) is 0 Å². The van der Waals surface area contributed by atoms with Gasteiger partial charge < -0.3 is 14.6 Å². The number of aliphatic hydroxyl groups is 1. The predicted molar refractivity (Wildman–Crippen MR) is 57.5 cm³/mol. The summed E-state index contributed by atoms with van der Waals surface area (Å²) in [5.41, 5.74) is 0.0978. The zero-order valence-corrected chi connectivity index (χ0v) is 9.79. The van der Waals surface area contributed by atoms with E-state index in [1.165, 1.54) is 0 Å². The number of aliphatic hydroxyl groups excluding tert-OH is 1. The minimum absolute atomic E-state index is 0.0978. The topological polar surface area (TPSA) is 38.7 Å². The Kier molecular flexibility index (Phi) is 3.06. The van der Waals surface area contributed by atoms with Gasteiger partial charge in [0.25, 0.3) is 0 Å². The van der Waals surface area contributed by atoms with E-state index in [0.29, 0.717) is 12.5 Å². The fourth-order valence-electron chi connectivity index (χ4n) is 2.83. The Bertz CT molecular complexity index is 209. The van der Waals surface area contributed by atoms with Crippen LogP contribution in [0.1, 0.15) is 39.5 Å². The molecular weight excluding hydrogens is 192 g/mol. The van der Waals surface area contributed by atoms with E-state index in [1.807, 2.05) is 0 Å². The molecule has 3 nitrogen and oxygen atoms in total. The zero-order valence-electron chi connectivity index (χ0n) is 9.79. The Labute approximate surface area is 91.8 Å². The second-order valence-corrected chi connectivity index (χ2v) is 5.28. The molecule has 3 heteroatoms. The second-order valence-electron chi connectivity index (χ2n) is 5.28. The minimum atomic E-state index is -0.298. The normalized spacial score (nSPS) is 28.8. The van der Waals surface area contributed by atoms with Gasteiger partial charge in [0.15, 0.2) is 5.79 Å². The summed E-state index contributed by atoms with van der Waals surface area (Å²) in [4.78, 5) is 0. The smallest absolute Gasteiger partial charge is 0.168 e. The summed E-state index contributed by atoms with van der Waals surface area (Å²) in [5, 5.41) is 9.56. The van der Waals surface area contributed by atoms with E-state index in [2.05, 4.69) is 13.8 Å². The van der Waals surface area contributed by atoms with Crippen LogP contribution in [0.15, 0.2) is 0 Å². The van der Waals surface area contributed by atoms with Crippen LogP contribution < -0.4 is 0 Å². The zero-order chi connectivity index (χ0) is 10.9. The van der Waals surface area contributed by atoms with Crippen molar-refractivity contribution in [3.05, 3.63) is 0 Å². The van der Waals surface area contributed by atoms with Gasteiger partial charge in [0.2, 0.25) is 0 Å². The first-order chi connectivity index (χ1) is 7.13. The van der Waals surface area contributed by atoms with E-state index < -0.39 is 0 Å². The van der Waals surface area contributed by atoms with Crippen LogP contribution in [0.5, 0.6) is 0 Å². The lowest BCUT2D eigenvalue weighted by molar-refractivity contribution is -0.199. The SMILES string of the molecule is CC(C)C1(CO)CCC2(CC1)OCCO2. The predicted octanol–water partition coefficient (Wildman–Crippen LogP) is 1.94. The van der Waals surface area contributed by atoms with Gasteiger partial charge in [-0.3, -0.25) is 0 Å². The van der Waals surface area contributed by atoms with E-state index in [9.17, 15) is 5.11 Å². The van der Waals surface area contributed by atoms with Crippen molar-refractivity contribution in [3.8, 4) is 0 Å². The Balaban J connectivity index is 2.01. The van der Waals surface area contributed by atoms with Gasteiger partial charge in [-0.15, -0.1) is 0 Å². The molecule has 1 saturated heterocycles. The third kappa shape index (κ3) is 1.93. The van der Waals surface area contributed by atoms with Crippen molar-refractivity contribution in [2.45, 2.75) is 45.3 Å². The van der Waals surface area contributed by atoms with Crippen LogP contribution in [0.3, 0.4) is 0 Å². The molecule has 1 aliphatic carbocycles. The molecule has 0 aromatic rings. The largest absolute Gasteiger partial charge is 0.396 e. The lowest BCUT2D eigenvalue weighted by Crippen LogP contribution is -2.44. The Morgan fingerprint density at radius 2 is 1.60 bits per heavy atom. The van der Waals surface area contributed by atoms with E-state index >= 15 is 0 Å². The van der Waals surface area contributed by atoms with Crippen molar-refractivity contribution in [2.24, 2.45) is 11.3 Å². The van der Waals surface area contributed by atoms with E-state index in [4.69, 9.17) is 9.47 Å². The highest BCUT2D eigenvalue weighted by molar-refractivity contribution is 4.92. The van der Waals surface area contributed by atoms with Gasteiger partial charge in [-0.25, -0.2) is 0 Å². The molecule has 0 atom stereocenters. The number of ether oxygens (including phenoxy) is 2. The molecule has 0 radical (unpaired) electrons. The van der Waals surface area contributed by atoms with Crippen molar-refractivity contribution in [3.63, 3.8) is 0 Å². The molecule has 0 amide bonds. The summed E-state index contributed by atoms with van der Waals surface area (Å²) in [6, 6.07) is 0. The molecule has 2 rings (SSSR count). The number of hydrogen-bond donors (Lipinski definition) is 1. The molecule has 88 valence electrons. The summed E-state index contributed by atoms with van der Waals surface area (Å²) < 4.78 is 11.4. The Hall–Kier alpha value is -0.120. The first-order valence-corrected chi connectivity index (χ1v) is 6.01. The summed E-state index contributed by atoms with van der Waals surface area (Å²) >= 11 is 0. The maximum absolute atomic E-state index is 9.56. The first-order valence-electron chi connectivity index (χ1n) is 6.01. The van der Waals surface area contributed by atoms with Crippen LogP contribution in [0, 0.1) is 11.3 Å². The molecule has 15 heavy (non-hydrogen) atoms. The van der Waals surface area contributed by atoms with Crippen LogP contribution in [-0.2, 0) is 9.47 Å². The molecule has 2 aliphatic rings. The van der Waals surface area contributed by atoms with Crippen molar-refractivity contribution in [1.82, 2.24) is 0 Å². The Morgan fingerprint density at radius 3 is 2.00 bits per heavy atom. The highest BCUT2D eigenvalue weighted by atomic mass is 16.7. The molecule has 1 saturated carbocycles. The van der Waals surface area contributed by atoms with Crippen LogP contribution >= 0.6 is 0 Å². The second kappa shape index (κ2) is 4.04. The van der Waals surface area contributed by atoms with Gasteiger partial charge in [0, 0.05) is 19.4 Å². The number of hydrogen-bond acceptors (Lipinski definition) is 3. The number of rotatable bonds is 2. The molecule has 2 fully saturated rings. The standard InChI is InChI=1S/C12H22O3/c1-10(2)11(9-13)3-5-12(6-4-11)14-7-8-15-12/h10,13H,3-9H2,1-2H3. The van der Waals surface area contributed by atoms with Crippen LogP contribution in [0.4, 0.5) is 0 Å². The highest BCUT2D eigenvalue weighted by Crippen LogP contribution is 2.48. The van der Waals surface area contributed by atoms with Gasteiger partial charge in [-0.2, -0.15) is 0 Å². The van der Waals surface area contributed by atoms with Gasteiger partial charge in [0.1, 0.15) is 0 Å². The van der Waals surface area contributed by atoms with Crippen LogP contribution in [0.2, 0.25) is 0 Å². The van der Waals surface area contributed by atoms with E-state index in [1.54, 1.807) is 0 Å². The maximum Gasteiger partial charge on any atom is 0.168 e. The average Bonchev–Trinajstić information content (AvgIpc) is 2.68. The quantitative estimate of drug-likeness (QED) is 0.763. The van der Waals surface area contributed by atoms with Crippen molar-refractivity contribution < 1.29 is 14.6 Å². The summed E-state index contributed by atoms with van der Waals surface area (Å²) in [5.74, 6) is 0.231. The maximum atomic E-state index is 9.56. The van der Waals surface area contributed by atoms with Crippen molar-refractivity contribution in [2.75, 3.05) is 19.8 Å². The van der Waals surface area contributed by atoms with E-state index in [-0.39, 0.29) is 11.2 Å². The van der Waals surface area contributed by atoms with Gasteiger partial charge in [0.05, 0.1) is 13.2 Å². The van der Waals surface area contributed by atoms with Gasteiger partial charge >= 0.3 is 0 Å². The summed E-state index contributed by atoms with van der Waals surface area (Å²) in [6.45, 7) is 6.15. The van der Waals surface area contributed by atoms with Crippen LogP contribution in [-0.4, -0.2) is 30.7 Å². The first kappa shape index (κ1) is 11.4. The molecule has 1 N–H and O–H groups in total. The molecule has 1 heterocycles. The highest BCUT2D eigenvalue weighted by Gasteiger charge is 2.47. The molecule has 0 aromatic heterocycles. The molecule has 0 aromatic carbocycles. The van der Waals surface area contributed by atoms with E-state index in [0.717, 1.165) is 38.9 Å². The fraction of sp³-hybridized carbons (Fsp3) is 1.00. The third-order valence-corrected chi connectivity index (χ3v) is 4.36. The van der Waals surface area contributed by atoms with Gasteiger partial charge in [-0.1, -0.05) is 13.8 Å². The summed E-state index contributed by atoms with van der Waals surface area (Å²) in [7, 11) is 0. The summed E-state index contributed by atoms with van der Waals surface area (Å²) in [6.07, 6.45) is 3.90.